The van der Waals surface area contributed by atoms with E-state index in [4.69, 9.17) is 14.6 Å². The van der Waals surface area contributed by atoms with Gasteiger partial charge in [-0.15, -0.1) is 0 Å². The predicted octanol–water partition coefficient (Wildman–Crippen LogP) is 0.173. The van der Waals surface area contributed by atoms with Crippen LogP contribution in [0.1, 0.15) is 12.8 Å². The second-order valence-corrected chi connectivity index (χ2v) is 2.60. The van der Waals surface area contributed by atoms with Crippen LogP contribution in [0.15, 0.2) is 0 Å². The largest absolute Gasteiger partial charge is 0.394 e. The summed E-state index contributed by atoms with van der Waals surface area (Å²) in [5.74, 6) is 0. The van der Waals surface area contributed by atoms with Gasteiger partial charge in [0.2, 0.25) is 0 Å². The molecule has 1 N–H and O–H groups in total. The van der Waals surface area contributed by atoms with Crippen LogP contribution in [0, 0.1) is 0 Å². The van der Waals surface area contributed by atoms with Gasteiger partial charge >= 0.3 is 0 Å². The van der Waals surface area contributed by atoms with Gasteiger partial charge in [0.1, 0.15) is 0 Å². The van der Waals surface area contributed by atoms with Crippen LogP contribution in [0.5, 0.6) is 0 Å². The van der Waals surface area contributed by atoms with Gasteiger partial charge in [-0.05, 0) is 12.8 Å². The Morgan fingerprint density at radius 1 is 1.50 bits per heavy atom. The summed E-state index contributed by atoms with van der Waals surface area (Å²) in [6.07, 6.45) is 2.24. The van der Waals surface area contributed by atoms with Crippen LogP contribution in [-0.2, 0) is 9.47 Å². The first-order valence-corrected chi connectivity index (χ1v) is 3.62. The molecule has 1 saturated heterocycles. The molecule has 0 aromatic carbocycles. The van der Waals surface area contributed by atoms with Gasteiger partial charge in [-0.3, -0.25) is 0 Å². The van der Waals surface area contributed by atoms with Crippen LogP contribution in [-0.4, -0.2) is 37.6 Å². The van der Waals surface area contributed by atoms with Gasteiger partial charge in [-0.1, -0.05) is 0 Å². The topological polar surface area (TPSA) is 38.7 Å². The van der Waals surface area contributed by atoms with E-state index in [0.29, 0.717) is 6.61 Å². The molecule has 0 aromatic heterocycles. The molecule has 0 spiro atoms. The fraction of sp³-hybridized carbons (Fsp3) is 1.00. The highest BCUT2D eigenvalue weighted by Gasteiger charge is 2.23. The van der Waals surface area contributed by atoms with Gasteiger partial charge in [0.15, 0.2) is 0 Å². The maximum absolute atomic E-state index is 8.69. The second kappa shape index (κ2) is 3.91. The lowest BCUT2D eigenvalue weighted by molar-refractivity contribution is -0.0213. The molecule has 60 valence electrons. The van der Waals surface area contributed by atoms with E-state index < -0.39 is 0 Å². The summed E-state index contributed by atoms with van der Waals surface area (Å²) in [6, 6.07) is 0. The predicted molar refractivity (Wildman–Crippen MR) is 36.9 cm³/mol. The fourth-order valence-corrected chi connectivity index (χ4v) is 1.22. The summed E-state index contributed by atoms with van der Waals surface area (Å²) in [5, 5.41) is 8.69. The highest BCUT2D eigenvalue weighted by atomic mass is 16.5. The van der Waals surface area contributed by atoms with Crippen LogP contribution < -0.4 is 0 Å². The Morgan fingerprint density at radius 3 is 2.70 bits per heavy atom. The minimum atomic E-state index is 0.0557. The first-order valence-electron chi connectivity index (χ1n) is 3.62. The monoisotopic (exact) mass is 146 g/mol. The van der Waals surface area contributed by atoms with E-state index in [9.17, 15) is 0 Å². The molecule has 1 heterocycles. The van der Waals surface area contributed by atoms with Crippen LogP contribution in [0.4, 0.5) is 0 Å². The number of ether oxygens (including phenoxy) is 2. The molecule has 3 nitrogen and oxygen atoms in total. The van der Waals surface area contributed by atoms with Crippen molar-refractivity contribution in [1.29, 1.82) is 0 Å². The van der Waals surface area contributed by atoms with Crippen molar-refractivity contribution in [3.05, 3.63) is 0 Å². The lowest BCUT2D eigenvalue weighted by Crippen LogP contribution is -2.17. The third-order valence-electron chi connectivity index (χ3n) is 1.75. The zero-order valence-corrected chi connectivity index (χ0v) is 6.25. The number of rotatable bonds is 3. The number of methoxy groups -OCH3 is 1. The molecule has 10 heavy (non-hydrogen) atoms. The normalized spacial score (nSPS) is 33.0. The highest BCUT2D eigenvalue weighted by molar-refractivity contribution is 4.72. The summed E-state index contributed by atoms with van der Waals surface area (Å²) < 4.78 is 10.3. The van der Waals surface area contributed by atoms with Gasteiger partial charge in [0, 0.05) is 7.11 Å². The molecule has 0 aromatic rings. The molecule has 2 unspecified atom stereocenters. The first-order chi connectivity index (χ1) is 4.86. The van der Waals surface area contributed by atoms with Crippen LogP contribution in [0.3, 0.4) is 0 Å². The van der Waals surface area contributed by atoms with Crippen molar-refractivity contribution in [1.82, 2.24) is 0 Å². The Kier molecular flexibility index (Phi) is 3.12. The minimum Gasteiger partial charge on any atom is -0.394 e. The molecular weight excluding hydrogens is 132 g/mol. The molecule has 0 amide bonds. The molecule has 3 heteroatoms. The van der Waals surface area contributed by atoms with Crippen molar-refractivity contribution >= 4 is 0 Å². The maximum Gasteiger partial charge on any atom is 0.0814 e. The second-order valence-electron chi connectivity index (χ2n) is 2.60. The van der Waals surface area contributed by atoms with Crippen molar-refractivity contribution in [3.8, 4) is 0 Å². The lowest BCUT2D eigenvalue weighted by atomic mass is 10.2. The van der Waals surface area contributed by atoms with Crippen molar-refractivity contribution in [2.45, 2.75) is 25.0 Å². The Morgan fingerprint density at radius 2 is 2.20 bits per heavy atom. The molecule has 0 radical (unpaired) electrons. The minimum absolute atomic E-state index is 0.0557. The number of hydrogen-bond donors (Lipinski definition) is 1. The van der Waals surface area contributed by atoms with Crippen molar-refractivity contribution in [2.75, 3.05) is 20.3 Å². The van der Waals surface area contributed by atoms with E-state index in [-0.39, 0.29) is 18.8 Å². The Balaban J connectivity index is 2.15. The molecule has 0 saturated carbocycles. The molecule has 1 aliphatic rings. The Hall–Kier alpha value is -0.120. The van der Waals surface area contributed by atoms with Gasteiger partial charge in [-0.2, -0.15) is 0 Å². The SMILES string of the molecule is COCC1CCC(CO)O1. The van der Waals surface area contributed by atoms with Crippen molar-refractivity contribution < 1.29 is 14.6 Å². The standard InChI is InChI=1S/C7H14O3/c1-9-5-7-3-2-6(4-8)10-7/h6-8H,2-5H2,1H3. The first kappa shape index (κ1) is 7.98. The highest BCUT2D eigenvalue weighted by Crippen LogP contribution is 2.18. The summed E-state index contributed by atoms with van der Waals surface area (Å²) >= 11 is 0. The molecule has 0 bridgehead atoms. The molecule has 1 aliphatic heterocycles. The zero-order chi connectivity index (χ0) is 7.40. The molecular formula is C7H14O3. The molecule has 0 aliphatic carbocycles. The Labute approximate surface area is 60.9 Å². The van der Waals surface area contributed by atoms with E-state index in [1.165, 1.54) is 0 Å². The average Bonchev–Trinajstić information content (AvgIpc) is 2.37. The number of hydrogen-bond acceptors (Lipinski definition) is 3. The van der Waals surface area contributed by atoms with Gasteiger partial charge in [0.25, 0.3) is 0 Å². The third kappa shape index (κ3) is 1.94. The maximum atomic E-state index is 8.69. The van der Waals surface area contributed by atoms with Crippen LogP contribution >= 0.6 is 0 Å². The molecule has 1 fully saturated rings. The van der Waals surface area contributed by atoms with Crippen LogP contribution in [0.25, 0.3) is 0 Å². The third-order valence-corrected chi connectivity index (χ3v) is 1.75. The van der Waals surface area contributed by atoms with Crippen molar-refractivity contribution in [2.24, 2.45) is 0 Å². The Bertz CT molecular complexity index is 94.9. The summed E-state index contributed by atoms with van der Waals surface area (Å²) in [5.41, 5.74) is 0. The summed E-state index contributed by atoms with van der Waals surface area (Å²) in [4.78, 5) is 0. The lowest BCUT2D eigenvalue weighted by Gasteiger charge is -2.09. The van der Waals surface area contributed by atoms with E-state index in [0.717, 1.165) is 12.8 Å². The summed E-state index contributed by atoms with van der Waals surface area (Å²) in [7, 11) is 1.66. The van der Waals surface area contributed by atoms with Gasteiger partial charge in [0.05, 0.1) is 25.4 Å². The molecule has 1 rings (SSSR count). The number of aliphatic hydroxyl groups is 1. The average molecular weight is 146 g/mol. The van der Waals surface area contributed by atoms with Crippen LogP contribution in [0.2, 0.25) is 0 Å². The van der Waals surface area contributed by atoms with E-state index in [2.05, 4.69) is 0 Å². The zero-order valence-electron chi connectivity index (χ0n) is 6.25. The van der Waals surface area contributed by atoms with Crippen molar-refractivity contribution in [3.63, 3.8) is 0 Å². The van der Waals surface area contributed by atoms with E-state index in [1.807, 2.05) is 0 Å². The summed E-state index contributed by atoms with van der Waals surface area (Å²) in [6.45, 7) is 0.788. The fourth-order valence-electron chi connectivity index (χ4n) is 1.22. The van der Waals surface area contributed by atoms with E-state index in [1.54, 1.807) is 7.11 Å². The smallest absolute Gasteiger partial charge is 0.0814 e. The number of aliphatic hydroxyl groups excluding tert-OH is 1. The van der Waals surface area contributed by atoms with Gasteiger partial charge < -0.3 is 14.6 Å². The van der Waals surface area contributed by atoms with Gasteiger partial charge in [-0.25, -0.2) is 0 Å². The van der Waals surface area contributed by atoms with E-state index >= 15 is 0 Å². The molecule has 2 atom stereocenters. The quantitative estimate of drug-likeness (QED) is 0.617.